The summed E-state index contributed by atoms with van der Waals surface area (Å²) in [6.45, 7) is 0. The highest BCUT2D eigenvalue weighted by atomic mass is 32.2. The zero-order valence-corrected chi connectivity index (χ0v) is 10.9. The van der Waals surface area contributed by atoms with Crippen molar-refractivity contribution in [2.45, 2.75) is 9.92 Å². The van der Waals surface area contributed by atoms with Gasteiger partial charge in [0.25, 0.3) is 5.69 Å². The molecule has 2 aromatic rings. The van der Waals surface area contributed by atoms with E-state index >= 15 is 0 Å². The Morgan fingerprint density at radius 3 is 2.70 bits per heavy atom. The normalized spacial score (nSPS) is 11.3. The van der Waals surface area contributed by atoms with Crippen LogP contribution in [0.4, 0.5) is 5.69 Å². The molecule has 0 bridgehead atoms. The number of oxime groups is 1. The Kier molecular flexibility index (Phi) is 4.16. The van der Waals surface area contributed by atoms with Crippen LogP contribution in [-0.2, 0) is 0 Å². The molecule has 1 aromatic heterocycles. The second kappa shape index (κ2) is 6.02. The minimum absolute atomic E-state index is 0.0276. The molecular weight excluding hydrogens is 280 g/mol. The Morgan fingerprint density at radius 1 is 1.35 bits per heavy atom. The average molecular weight is 290 g/mol. The molecule has 0 radical (unpaired) electrons. The maximum Gasteiger partial charge on any atom is 0.283 e. The number of nitro groups is 1. The summed E-state index contributed by atoms with van der Waals surface area (Å²) in [6.07, 6.45) is 1.44. The van der Waals surface area contributed by atoms with Crippen LogP contribution in [0.1, 0.15) is 5.56 Å². The first kappa shape index (κ1) is 13.8. The lowest BCUT2D eigenvalue weighted by molar-refractivity contribution is -0.387. The fourth-order valence-corrected chi connectivity index (χ4v) is 2.32. The van der Waals surface area contributed by atoms with Crippen molar-refractivity contribution in [3.05, 3.63) is 58.3 Å². The number of hydrogen-bond acceptors (Lipinski definition) is 6. The van der Waals surface area contributed by atoms with Gasteiger partial charge in [-0.05, 0) is 18.2 Å². The lowest BCUT2D eigenvalue weighted by Crippen LogP contribution is -2.13. The Bertz CT molecular complexity index is 658. The molecule has 0 spiro atoms. The van der Waals surface area contributed by atoms with Crippen LogP contribution in [0.5, 0.6) is 0 Å². The largest absolute Gasteiger partial charge is 0.409 e. The van der Waals surface area contributed by atoms with E-state index in [0.717, 1.165) is 0 Å². The lowest BCUT2D eigenvalue weighted by atomic mass is 10.3. The van der Waals surface area contributed by atoms with Crippen LogP contribution in [-0.4, -0.2) is 21.0 Å². The van der Waals surface area contributed by atoms with Crippen molar-refractivity contribution in [2.24, 2.45) is 10.9 Å². The summed E-state index contributed by atoms with van der Waals surface area (Å²) in [7, 11) is 0. The van der Waals surface area contributed by atoms with Crippen LogP contribution in [0.2, 0.25) is 0 Å². The molecule has 0 aliphatic rings. The molecule has 0 aliphatic carbocycles. The molecule has 1 aromatic carbocycles. The van der Waals surface area contributed by atoms with Crippen molar-refractivity contribution in [1.29, 1.82) is 0 Å². The second-order valence-corrected chi connectivity index (χ2v) is 4.76. The molecule has 0 unspecified atom stereocenters. The van der Waals surface area contributed by atoms with Crippen molar-refractivity contribution in [3.8, 4) is 0 Å². The molecule has 3 N–H and O–H groups in total. The zero-order chi connectivity index (χ0) is 14.5. The van der Waals surface area contributed by atoms with E-state index in [9.17, 15) is 10.1 Å². The first-order valence-electron chi connectivity index (χ1n) is 5.47. The SMILES string of the molecule is N/C(=N\O)c1ccc(Sc2ccccc2[N+](=O)[O-])nc1. The number of aromatic nitrogens is 1. The molecule has 7 nitrogen and oxygen atoms in total. The Labute approximate surface area is 118 Å². The first-order valence-corrected chi connectivity index (χ1v) is 6.28. The summed E-state index contributed by atoms with van der Waals surface area (Å²) in [5.41, 5.74) is 5.92. The van der Waals surface area contributed by atoms with Gasteiger partial charge >= 0.3 is 0 Å². The number of nitro benzene ring substituents is 1. The third kappa shape index (κ3) is 3.04. The van der Waals surface area contributed by atoms with Crippen molar-refractivity contribution in [3.63, 3.8) is 0 Å². The number of pyridine rings is 1. The fourth-order valence-electron chi connectivity index (χ4n) is 1.46. The van der Waals surface area contributed by atoms with Gasteiger partial charge in [-0.15, -0.1) is 0 Å². The van der Waals surface area contributed by atoms with Gasteiger partial charge in [0.05, 0.1) is 9.82 Å². The van der Waals surface area contributed by atoms with Crippen molar-refractivity contribution >= 4 is 23.3 Å². The summed E-state index contributed by atoms with van der Waals surface area (Å²) in [4.78, 5) is 15.1. The molecule has 8 heteroatoms. The molecule has 0 saturated carbocycles. The summed E-state index contributed by atoms with van der Waals surface area (Å²) in [5.74, 6) is -0.0419. The van der Waals surface area contributed by atoms with Gasteiger partial charge < -0.3 is 10.9 Å². The second-order valence-electron chi connectivity index (χ2n) is 3.70. The summed E-state index contributed by atoms with van der Waals surface area (Å²) < 4.78 is 0. The van der Waals surface area contributed by atoms with Crippen LogP contribution >= 0.6 is 11.8 Å². The summed E-state index contributed by atoms with van der Waals surface area (Å²) >= 11 is 1.17. The molecule has 2 rings (SSSR count). The Hall–Kier alpha value is -2.61. The van der Waals surface area contributed by atoms with Crippen LogP contribution in [0.3, 0.4) is 0 Å². The summed E-state index contributed by atoms with van der Waals surface area (Å²) in [6, 6.07) is 9.69. The van der Waals surface area contributed by atoms with Crippen LogP contribution in [0.25, 0.3) is 0 Å². The van der Waals surface area contributed by atoms with E-state index in [1.807, 2.05) is 0 Å². The van der Waals surface area contributed by atoms with Crippen molar-refractivity contribution < 1.29 is 10.1 Å². The van der Waals surface area contributed by atoms with Gasteiger partial charge in [-0.25, -0.2) is 4.98 Å². The van der Waals surface area contributed by atoms with Gasteiger partial charge in [0.15, 0.2) is 5.84 Å². The highest BCUT2D eigenvalue weighted by Crippen LogP contribution is 2.33. The predicted octanol–water partition coefficient (Wildman–Crippen LogP) is 2.24. The molecule has 0 aliphatic heterocycles. The molecule has 1 heterocycles. The maximum absolute atomic E-state index is 10.9. The Balaban J connectivity index is 2.25. The van der Waals surface area contributed by atoms with E-state index in [4.69, 9.17) is 10.9 Å². The van der Waals surface area contributed by atoms with E-state index in [-0.39, 0.29) is 11.5 Å². The van der Waals surface area contributed by atoms with Gasteiger partial charge in [0.2, 0.25) is 0 Å². The molecule has 20 heavy (non-hydrogen) atoms. The number of para-hydroxylation sites is 1. The van der Waals surface area contributed by atoms with E-state index in [1.54, 1.807) is 30.3 Å². The monoisotopic (exact) mass is 290 g/mol. The molecular formula is C12H10N4O3S. The Morgan fingerprint density at radius 2 is 2.10 bits per heavy atom. The van der Waals surface area contributed by atoms with Gasteiger partial charge in [-0.3, -0.25) is 10.1 Å². The van der Waals surface area contributed by atoms with Crippen molar-refractivity contribution in [1.82, 2.24) is 4.98 Å². The quantitative estimate of drug-likeness (QED) is 0.293. The minimum atomic E-state index is -0.437. The standard InChI is InChI=1S/C12H10N4O3S/c13-12(15-17)8-5-6-11(14-7-8)20-10-4-2-1-3-9(10)16(18)19/h1-7,17H,(H2,13,15). The highest BCUT2D eigenvalue weighted by molar-refractivity contribution is 7.99. The van der Waals surface area contributed by atoms with E-state index in [2.05, 4.69) is 10.1 Å². The predicted molar refractivity (Wildman–Crippen MR) is 74.0 cm³/mol. The van der Waals surface area contributed by atoms with Gasteiger partial charge in [0, 0.05) is 17.8 Å². The van der Waals surface area contributed by atoms with Crippen LogP contribution < -0.4 is 5.73 Å². The number of nitrogens with zero attached hydrogens (tertiary/aromatic N) is 3. The molecule has 0 fully saturated rings. The average Bonchev–Trinajstić information content (AvgIpc) is 2.47. The van der Waals surface area contributed by atoms with Gasteiger partial charge in [-0.1, -0.05) is 29.1 Å². The third-order valence-electron chi connectivity index (χ3n) is 2.42. The topological polar surface area (TPSA) is 115 Å². The first-order chi connectivity index (χ1) is 9.61. The smallest absolute Gasteiger partial charge is 0.283 e. The van der Waals surface area contributed by atoms with E-state index in [0.29, 0.717) is 15.5 Å². The lowest BCUT2D eigenvalue weighted by Gasteiger charge is -2.03. The fraction of sp³-hybridized carbons (Fsp3) is 0. The molecule has 0 saturated heterocycles. The number of nitrogens with two attached hydrogens (primary N) is 1. The maximum atomic E-state index is 10.9. The molecule has 0 amide bonds. The van der Waals surface area contributed by atoms with Crippen LogP contribution in [0.15, 0.2) is 57.7 Å². The number of rotatable bonds is 4. The van der Waals surface area contributed by atoms with E-state index < -0.39 is 4.92 Å². The minimum Gasteiger partial charge on any atom is -0.409 e. The van der Waals surface area contributed by atoms with Crippen molar-refractivity contribution in [2.75, 3.05) is 0 Å². The number of benzene rings is 1. The molecule has 102 valence electrons. The van der Waals surface area contributed by atoms with Crippen LogP contribution in [0, 0.1) is 10.1 Å². The third-order valence-corrected chi connectivity index (χ3v) is 3.43. The number of amidine groups is 1. The summed E-state index contributed by atoms with van der Waals surface area (Å²) in [5, 5.41) is 22.9. The zero-order valence-electron chi connectivity index (χ0n) is 10.1. The van der Waals surface area contributed by atoms with Gasteiger partial charge in [0.1, 0.15) is 5.03 Å². The van der Waals surface area contributed by atoms with Gasteiger partial charge in [-0.2, -0.15) is 0 Å². The molecule has 0 atom stereocenters. The van der Waals surface area contributed by atoms with E-state index in [1.165, 1.54) is 24.0 Å². The highest BCUT2D eigenvalue weighted by Gasteiger charge is 2.14. The number of hydrogen-bond donors (Lipinski definition) is 2.